The lowest BCUT2D eigenvalue weighted by atomic mass is 9.85. The first-order chi connectivity index (χ1) is 24.7. The van der Waals surface area contributed by atoms with Gasteiger partial charge in [0, 0.05) is 33.0 Å². The van der Waals surface area contributed by atoms with E-state index in [1.165, 1.54) is 10.8 Å². The van der Waals surface area contributed by atoms with Crippen LogP contribution in [0.25, 0.3) is 99.2 Å². The number of fused-ring (bicyclic) bond motifs is 5. The fourth-order valence-electron chi connectivity index (χ4n) is 8.01. The van der Waals surface area contributed by atoms with Crippen molar-refractivity contribution in [3.8, 4) is 44.9 Å². The van der Waals surface area contributed by atoms with Crippen LogP contribution in [0.4, 0.5) is 0 Å². The number of aryl methyl sites for hydroxylation is 2. The highest BCUT2D eigenvalue weighted by atomic mass is 16.3. The number of hydrogen-bond donors (Lipinski definition) is 0. The van der Waals surface area contributed by atoms with Gasteiger partial charge in [-0.2, -0.15) is 0 Å². The maximum Gasteiger partial charge on any atom is 0.144 e. The Morgan fingerprint density at radius 1 is 0.320 bits per heavy atom. The van der Waals surface area contributed by atoms with Crippen LogP contribution in [0.5, 0.6) is 0 Å². The lowest BCUT2D eigenvalue weighted by Crippen LogP contribution is -1.92. The smallest absolute Gasteiger partial charge is 0.144 e. The van der Waals surface area contributed by atoms with Crippen molar-refractivity contribution >= 4 is 54.3 Å². The van der Waals surface area contributed by atoms with E-state index in [2.05, 4.69) is 172 Å². The maximum absolute atomic E-state index is 7.08. The van der Waals surface area contributed by atoms with Crippen LogP contribution in [-0.2, 0) is 0 Å². The van der Waals surface area contributed by atoms with Crippen molar-refractivity contribution in [1.82, 2.24) is 0 Å². The van der Waals surface area contributed by atoms with Crippen LogP contribution >= 0.6 is 0 Å². The maximum atomic E-state index is 7.08. The Morgan fingerprint density at radius 3 is 1.14 bits per heavy atom. The van der Waals surface area contributed by atoms with Crippen LogP contribution in [0.1, 0.15) is 11.1 Å². The third kappa shape index (κ3) is 4.22. The van der Waals surface area contributed by atoms with Gasteiger partial charge in [-0.15, -0.1) is 0 Å². The van der Waals surface area contributed by atoms with Crippen LogP contribution in [-0.4, -0.2) is 0 Å². The lowest BCUT2D eigenvalue weighted by molar-refractivity contribution is 0.630. The second-order valence-corrected chi connectivity index (χ2v) is 13.3. The quantitative estimate of drug-likeness (QED) is 0.179. The molecule has 0 radical (unpaired) electrons. The summed E-state index contributed by atoms with van der Waals surface area (Å²) in [6.45, 7) is 4.26. The van der Waals surface area contributed by atoms with E-state index < -0.39 is 0 Å². The molecule has 0 saturated heterocycles. The zero-order valence-electron chi connectivity index (χ0n) is 27.8. The highest BCUT2D eigenvalue weighted by Crippen LogP contribution is 2.52. The first-order valence-electron chi connectivity index (χ1n) is 17.2. The van der Waals surface area contributed by atoms with Crippen LogP contribution in [0.2, 0.25) is 0 Å². The second kappa shape index (κ2) is 11.1. The molecule has 2 aromatic heterocycles. The van der Waals surface area contributed by atoms with E-state index in [0.717, 1.165) is 99.5 Å². The van der Waals surface area contributed by atoms with Gasteiger partial charge in [-0.3, -0.25) is 0 Å². The molecule has 8 aromatic carbocycles. The number of rotatable bonds is 4. The van der Waals surface area contributed by atoms with E-state index in [1.54, 1.807) is 0 Å². The number of benzene rings is 8. The minimum Gasteiger partial charge on any atom is -0.455 e. The van der Waals surface area contributed by atoms with Gasteiger partial charge in [-0.25, -0.2) is 0 Å². The minimum atomic E-state index is 0.882. The molecule has 10 aromatic rings. The minimum absolute atomic E-state index is 0.882. The van der Waals surface area contributed by atoms with E-state index in [0.29, 0.717) is 0 Å². The average Bonchev–Trinajstić information content (AvgIpc) is 3.74. The predicted molar refractivity (Wildman–Crippen MR) is 210 cm³/mol. The Labute approximate surface area is 289 Å². The summed E-state index contributed by atoms with van der Waals surface area (Å²) in [6.07, 6.45) is 0. The van der Waals surface area contributed by atoms with Crippen molar-refractivity contribution < 1.29 is 8.83 Å². The summed E-state index contributed by atoms with van der Waals surface area (Å²) >= 11 is 0. The largest absolute Gasteiger partial charge is 0.455 e. The summed E-state index contributed by atoms with van der Waals surface area (Å²) in [5.41, 5.74) is 10.7. The summed E-state index contributed by atoms with van der Waals surface area (Å²) in [6, 6.07) is 56.3. The predicted octanol–water partition coefficient (Wildman–Crippen LogP) is 13.9. The zero-order chi connectivity index (χ0) is 33.3. The van der Waals surface area contributed by atoms with Crippen molar-refractivity contribution in [2.45, 2.75) is 13.8 Å². The summed E-state index contributed by atoms with van der Waals surface area (Å²) in [4.78, 5) is 0. The van der Waals surface area contributed by atoms with Crippen molar-refractivity contribution in [1.29, 1.82) is 0 Å². The second-order valence-electron chi connectivity index (χ2n) is 13.3. The van der Waals surface area contributed by atoms with Gasteiger partial charge in [0.2, 0.25) is 0 Å². The highest BCUT2D eigenvalue weighted by Gasteiger charge is 2.28. The zero-order valence-corrected chi connectivity index (χ0v) is 27.8. The Kier molecular flexibility index (Phi) is 6.34. The molecule has 0 saturated carbocycles. The van der Waals surface area contributed by atoms with Crippen molar-refractivity contribution in [2.24, 2.45) is 0 Å². The third-order valence-corrected chi connectivity index (χ3v) is 10.3. The Morgan fingerprint density at radius 2 is 0.700 bits per heavy atom. The van der Waals surface area contributed by atoms with Crippen molar-refractivity contribution in [2.75, 3.05) is 0 Å². The standard InChI is InChI=1S/C48H32O2/c1-29-15-13-25-37-41(31-17-5-3-6-18-31)47(49-45(29)37)43-35-23-11-12-24-36(35)44(40-28-34-22-10-9-21-33(34)27-39(40)43)48-42(32-19-7-4-8-20-32)38-26-14-16-30(2)46(38)50-48/h3-28H,1-2H3. The van der Waals surface area contributed by atoms with E-state index in [-0.39, 0.29) is 0 Å². The number of furan rings is 2. The fraction of sp³-hybridized carbons (Fsp3) is 0.0417. The van der Waals surface area contributed by atoms with E-state index in [1.807, 2.05) is 0 Å². The Balaban J connectivity index is 1.43. The van der Waals surface area contributed by atoms with E-state index in [9.17, 15) is 0 Å². The molecule has 0 amide bonds. The van der Waals surface area contributed by atoms with Crippen LogP contribution in [0, 0.1) is 13.8 Å². The molecule has 0 atom stereocenters. The van der Waals surface area contributed by atoms with Gasteiger partial charge in [0.1, 0.15) is 22.7 Å². The summed E-state index contributed by atoms with van der Waals surface area (Å²) < 4.78 is 14.2. The molecule has 50 heavy (non-hydrogen) atoms. The molecule has 0 unspecified atom stereocenters. The van der Waals surface area contributed by atoms with Crippen molar-refractivity contribution in [3.63, 3.8) is 0 Å². The lowest BCUT2D eigenvalue weighted by Gasteiger charge is -2.18. The van der Waals surface area contributed by atoms with Gasteiger partial charge in [-0.1, -0.05) is 146 Å². The van der Waals surface area contributed by atoms with Gasteiger partial charge < -0.3 is 8.83 Å². The molecule has 2 heteroatoms. The molecule has 0 fully saturated rings. The molecule has 2 nitrogen and oxygen atoms in total. The molecule has 2 heterocycles. The summed E-state index contributed by atoms with van der Waals surface area (Å²) in [7, 11) is 0. The van der Waals surface area contributed by atoms with Crippen LogP contribution in [0.15, 0.2) is 167 Å². The third-order valence-electron chi connectivity index (χ3n) is 10.3. The van der Waals surface area contributed by atoms with Gasteiger partial charge in [0.25, 0.3) is 0 Å². The molecule has 236 valence electrons. The first-order valence-corrected chi connectivity index (χ1v) is 17.2. The van der Waals surface area contributed by atoms with Crippen molar-refractivity contribution in [3.05, 3.63) is 169 Å². The molecule has 0 bridgehead atoms. The van der Waals surface area contributed by atoms with Crippen LogP contribution in [0.3, 0.4) is 0 Å². The fourth-order valence-corrected chi connectivity index (χ4v) is 8.01. The Bertz CT molecular complexity index is 2720. The number of hydrogen-bond acceptors (Lipinski definition) is 2. The Hall–Kier alpha value is -6.38. The van der Waals surface area contributed by atoms with E-state index >= 15 is 0 Å². The molecular formula is C48H32O2. The average molecular weight is 641 g/mol. The summed E-state index contributed by atoms with van der Waals surface area (Å²) in [5, 5.41) is 9.09. The van der Waals surface area contributed by atoms with Gasteiger partial charge in [0.05, 0.1) is 0 Å². The molecule has 0 N–H and O–H groups in total. The molecule has 10 rings (SSSR count). The summed E-state index contributed by atoms with van der Waals surface area (Å²) in [5.74, 6) is 1.76. The molecular weight excluding hydrogens is 609 g/mol. The van der Waals surface area contributed by atoms with Gasteiger partial charge in [0.15, 0.2) is 0 Å². The molecule has 0 aliphatic heterocycles. The normalized spacial score (nSPS) is 11.8. The first kappa shape index (κ1) is 28.6. The number of para-hydroxylation sites is 2. The van der Waals surface area contributed by atoms with E-state index in [4.69, 9.17) is 8.83 Å². The monoisotopic (exact) mass is 640 g/mol. The molecule has 0 aliphatic rings. The van der Waals surface area contributed by atoms with Gasteiger partial charge in [-0.05, 0) is 80.6 Å². The highest BCUT2D eigenvalue weighted by molar-refractivity contribution is 6.26. The van der Waals surface area contributed by atoms with Crippen LogP contribution < -0.4 is 0 Å². The molecule has 0 aliphatic carbocycles. The molecule has 0 spiro atoms. The topological polar surface area (TPSA) is 26.3 Å². The van der Waals surface area contributed by atoms with Gasteiger partial charge >= 0.3 is 0 Å². The SMILES string of the molecule is Cc1cccc2c(-c3ccccc3)c(-c3c4ccccc4c(-c4oc5c(C)cccc5c4-c4ccccc4)c4cc5ccccc5cc34)oc12.